The molecule has 0 saturated heterocycles. The van der Waals surface area contributed by atoms with E-state index in [1.165, 1.54) is 6.33 Å². The molecular formula is C12H19N3O3. The van der Waals surface area contributed by atoms with Gasteiger partial charge in [-0.25, -0.2) is 14.8 Å². The van der Waals surface area contributed by atoms with Crippen molar-refractivity contribution in [3.05, 3.63) is 11.9 Å². The highest BCUT2D eigenvalue weighted by atomic mass is 16.5. The number of hydrogen-bond acceptors (Lipinski definition) is 5. The van der Waals surface area contributed by atoms with Crippen molar-refractivity contribution in [1.29, 1.82) is 0 Å². The summed E-state index contributed by atoms with van der Waals surface area (Å²) in [6, 6.07) is -0.687. The van der Waals surface area contributed by atoms with Crippen molar-refractivity contribution in [3.8, 4) is 5.88 Å². The number of anilines is 1. The maximum atomic E-state index is 11.1. The van der Waals surface area contributed by atoms with Crippen molar-refractivity contribution in [2.24, 2.45) is 5.92 Å². The van der Waals surface area contributed by atoms with Crippen LogP contribution in [-0.4, -0.2) is 33.7 Å². The maximum Gasteiger partial charge on any atom is 0.326 e. The molecule has 6 nitrogen and oxygen atoms in total. The monoisotopic (exact) mass is 253 g/mol. The predicted molar refractivity (Wildman–Crippen MR) is 67.8 cm³/mol. The van der Waals surface area contributed by atoms with Gasteiger partial charge in [0.05, 0.1) is 12.2 Å². The lowest BCUT2D eigenvalue weighted by Gasteiger charge is -2.20. The summed E-state index contributed by atoms with van der Waals surface area (Å²) in [7, 11) is 0. The first kappa shape index (κ1) is 14.2. The van der Waals surface area contributed by atoms with Crippen molar-refractivity contribution >= 4 is 11.8 Å². The van der Waals surface area contributed by atoms with E-state index in [0.29, 0.717) is 23.9 Å². The lowest BCUT2D eigenvalue weighted by Crippen LogP contribution is -2.34. The van der Waals surface area contributed by atoms with E-state index in [9.17, 15) is 4.79 Å². The number of carboxylic acid groups (broad SMARTS) is 1. The van der Waals surface area contributed by atoms with E-state index in [2.05, 4.69) is 15.3 Å². The lowest BCUT2D eigenvalue weighted by molar-refractivity contribution is -0.138. The van der Waals surface area contributed by atoms with Crippen molar-refractivity contribution in [1.82, 2.24) is 9.97 Å². The molecule has 0 aliphatic carbocycles. The van der Waals surface area contributed by atoms with Gasteiger partial charge in [0.15, 0.2) is 0 Å². The van der Waals surface area contributed by atoms with Crippen LogP contribution in [0.15, 0.2) is 6.33 Å². The van der Waals surface area contributed by atoms with Crippen LogP contribution in [0.2, 0.25) is 0 Å². The van der Waals surface area contributed by atoms with Crippen LogP contribution in [-0.2, 0) is 4.79 Å². The minimum Gasteiger partial charge on any atom is -0.480 e. The van der Waals surface area contributed by atoms with Crippen molar-refractivity contribution in [3.63, 3.8) is 0 Å². The van der Waals surface area contributed by atoms with Gasteiger partial charge in [-0.05, 0) is 19.8 Å². The molecule has 6 heteroatoms. The minimum atomic E-state index is -0.902. The second-order valence-electron chi connectivity index (χ2n) is 4.29. The van der Waals surface area contributed by atoms with Gasteiger partial charge in [0.1, 0.15) is 18.2 Å². The molecule has 1 unspecified atom stereocenters. The Hall–Kier alpha value is -1.85. The zero-order chi connectivity index (χ0) is 13.7. The largest absolute Gasteiger partial charge is 0.480 e. The van der Waals surface area contributed by atoms with Crippen LogP contribution in [0.25, 0.3) is 0 Å². The molecule has 0 aliphatic heterocycles. The highest BCUT2D eigenvalue weighted by Gasteiger charge is 2.23. The third-order valence-electron chi connectivity index (χ3n) is 2.54. The summed E-state index contributed by atoms with van der Waals surface area (Å²) >= 11 is 0. The standard InChI is InChI=1S/C12H19N3O3/c1-5-18-11-8(4)10(13-6-14-11)15-9(7(2)3)12(16)17/h6-7,9H,5H2,1-4H3,(H,16,17)(H,13,14,15). The first-order valence-corrected chi connectivity index (χ1v) is 5.91. The SMILES string of the molecule is CCOc1ncnc(NC(C(=O)O)C(C)C)c1C. The average molecular weight is 253 g/mol. The molecule has 0 bridgehead atoms. The zero-order valence-corrected chi connectivity index (χ0v) is 11.1. The summed E-state index contributed by atoms with van der Waals surface area (Å²) in [5.74, 6) is 0.0193. The van der Waals surface area contributed by atoms with Gasteiger partial charge in [-0.3, -0.25) is 0 Å². The Morgan fingerprint density at radius 2 is 2.17 bits per heavy atom. The van der Waals surface area contributed by atoms with Gasteiger partial charge < -0.3 is 15.2 Å². The molecule has 1 heterocycles. The summed E-state index contributed by atoms with van der Waals surface area (Å²) in [6.07, 6.45) is 1.36. The molecule has 0 spiro atoms. The first-order valence-electron chi connectivity index (χ1n) is 5.91. The van der Waals surface area contributed by atoms with Gasteiger partial charge in [-0.2, -0.15) is 0 Å². The zero-order valence-electron chi connectivity index (χ0n) is 11.1. The van der Waals surface area contributed by atoms with Gasteiger partial charge in [0, 0.05) is 0 Å². The smallest absolute Gasteiger partial charge is 0.326 e. The Morgan fingerprint density at radius 3 is 2.67 bits per heavy atom. The number of aromatic nitrogens is 2. The number of hydrogen-bond donors (Lipinski definition) is 2. The molecule has 2 N–H and O–H groups in total. The fourth-order valence-corrected chi connectivity index (χ4v) is 1.52. The number of carboxylic acids is 1. The van der Waals surface area contributed by atoms with Crippen LogP contribution in [0.5, 0.6) is 5.88 Å². The van der Waals surface area contributed by atoms with Crippen molar-refractivity contribution in [2.75, 3.05) is 11.9 Å². The molecule has 100 valence electrons. The number of ether oxygens (including phenoxy) is 1. The van der Waals surface area contributed by atoms with E-state index in [1.807, 2.05) is 20.8 Å². The minimum absolute atomic E-state index is 0.0487. The molecule has 0 fully saturated rings. The number of nitrogens with one attached hydrogen (secondary N) is 1. The van der Waals surface area contributed by atoms with Gasteiger partial charge in [0.2, 0.25) is 5.88 Å². The van der Waals surface area contributed by atoms with Crippen molar-refractivity contribution in [2.45, 2.75) is 33.7 Å². The second kappa shape index (κ2) is 6.18. The third-order valence-corrected chi connectivity index (χ3v) is 2.54. The first-order chi connectivity index (χ1) is 8.47. The van der Waals surface area contributed by atoms with Crippen LogP contribution in [0.3, 0.4) is 0 Å². The fourth-order valence-electron chi connectivity index (χ4n) is 1.52. The van der Waals surface area contributed by atoms with Gasteiger partial charge in [-0.1, -0.05) is 13.8 Å². The fraction of sp³-hybridized carbons (Fsp3) is 0.583. The maximum absolute atomic E-state index is 11.1. The Bertz CT molecular complexity index is 421. The molecule has 0 radical (unpaired) electrons. The summed E-state index contributed by atoms with van der Waals surface area (Å²) in [5, 5.41) is 12.0. The molecule has 0 aliphatic rings. The van der Waals surface area contributed by atoms with E-state index in [1.54, 1.807) is 6.92 Å². The van der Waals surface area contributed by atoms with E-state index >= 15 is 0 Å². The van der Waals surface area contributed by atoms with Crippen LogP contribution in [0.1, 0.15) is 26.3 Å². The van der Waals surface area contributed by atoms with Gasteiger partial charge in [0.25, 0.3) is 0 Å². The topological polar surface area (TPSA) is 84.3 Å². The van der Waals surface area contributed by atoms with Crippen LogP contribution >= 0.6 is 0 Å². The molecular weight excluding hydrogens is 234 g/mol. The number of carbonyl (C=O) groups is 1. The molecule has 18 heavy (non-hydrogen) atoms. The van der Waals surface area contributed by atoms with E-state index in [-0.39, 0.29) is 5.92 Å². The Morgan fingerprint density at radius 1 is 1.50 bits per heavy atom. The summed E-state index contributed by atoms with van der Waals surface area (Å²) in [6.45, 7) is 7.84. The van der Waals surface area contributed by atoms with E-state index in [0.717, 1.165) is 0 Å². The van der Waals surface area contributed by atoms with Gasteiger partial charge in [-0.15, -0.1) is 0 Å². The van der Waals surface area contributed by atoms with E-state index in [4.69, 9.17) is 9.84 Å². The molecule has 0 saturated carbocycles. The van der Waals surface area contributed by atoms with Crippen LogP contribution in [0, 0.1) is 12.8 Å². The molecule has 0 amide bonds. The second-order valence-corrected chi connectivity index (χ2v) is 4.29. The summed E-state index contributed by atoms with van der Waals surface area (Å²) in [4.78, 5) is 19.2. The Labute approximate surface area is 106 Å². The molecule has 1 aromatic rings. The highest BCUT2D eigenvalue weighted by Crippen LogP contribution is 2.22. The number of aliphatic carboxylic acids is 1. The highest BCUT2D eigenvalue weighted by molar-refractivity contribution is 5.77. The Kier molecular flexibility index (Phi) is 4.88. The van der Waals surface area contributed by atoms with E-state index < -0.39 is 12.0 Å². The van der Waals surface area contributed by atoms with Crippen molar-refractivity contribution < 1.29 is 14.6 Å². The summed E-state index contributed by atoms with van der Waals surface area (Å²) < 4.78 is 5.34. The predicted octanol–water partition coefficient (Wildman–Crippen LogP) is 1.70. The Balaban J connectivity index is 2.96. The van der Waals surface area contributed by atoms with Crippen LogP contribution < -0.4 is 10.1 Å². The normalized spacial score (nSPS) is 12.3. The molecule has 0 aromatic carbocycles. The quantitative estimate of drug-likeness (QED) is 0.802. The lowest BCUT2D eigenvalue weighted by atomic mass is 10.0. The average Bonchev–Trinajstić information content (AvgIpc) is 2.29. The molecule has 1 atom stereocenters. The third kappa shape index (κ3) is 3.32. The van der Waals surface area contributed by atoms with Crippen LogP contribution in [0.4, 0.5) is 5.82 Å². The molecule has 1 rings (SSSR count). The number of nitrogens with zero attached hydrogens (tertiary/aromatic N) is 2. The van der Waals surface area contributed by atoms with Gasteiger partial charge >= 0.3 is 5.97 Å². The molecule has 1 aromatic heterocycles. The summed E-state index contributed by atoms with van der Waals surface area (Å²) in [5.41, 5.74) is 0.714. The number of rotatable bonds is 6.